The summed E-state index contributed by atoms with van der Waals surface area (Å²) in [6, 6.07) is -0.406. The van der Waals surface area contributed by atoms with Gasteiger partial charge in [0.2, 0.25) is 5.91 Å². The molecule has 0 radical (unpaired) electrons. The number of aliphatic carboxylic acids is 1. The van der Waals surface area contributed by atoms with Crippen molar-refractivity contribution < 1.29 is 19.5 Å². The maximum Gasteiger partial charge on any atom is 0.318 e. The first kappa shape index (κ1) is 17.3. The van der Waals surface area contributed by atoms with Gasteiger partial charge in [0, 0.05) is 12.6 Å². The number of carbonyl (C=O) groups is 3. The molecular weight excluding hydrogens is 274 g/mol. The largest absolute Gasteiger partial charge is 0.481 e. The molecule has 7 nitrogen and oxygen atoms in total. The normalized spacial score (nSPS) is 18.0. The molecule has 1 fully saturated rings. The molecule has 0 bridgehead atoms. The van der Waals surface area contributed by atoms with E-state index in [4.69, 9.17) is 5.73 Å². The zero-order valence-electron chi connectivity index (χ0n) is 12.7. The molecule has 7 heteroatoms. The van der Waals surface area contributed by atoms with Crippen LogP contribution in [-0.4, -0.2) is 47.0 Å². The Morgan fingerprint density at radius 2 is 1.90 bits per heavy atom. The van der Waals surface area contributed by atoms with Crippen LogP contribution >= 0.6 is 0 Å². The molecule has 0 saturated heterocycles. The van der Waals surface area contributed by atoms with Crippen molar-refractivity contribution in [2.75, 3.05) is 13.1 Å². The third kappa shape index (κ3) is 4.61. The second kappa shape index (κ2) is 7.28. The van der Waals surface area contributed by atoms with Gasteiger partial charge in [-0.1, -0.05) is 19.8 Å². The van der Waals surface area contributed by atoms with E-state index in [1.54, 1.807) is 13.8 Å². The van der Waals surface area contributed by atoms with Gasteiger partial charge < -0.3 is 21.1 Å². The van der Waals surface area contributed by atoms with E-state index in [1.165, 1.54) is 4.90 Å². The lowest BCUT2D eigenvalue weighted by Gasteiger charge is -2.30. The van der Waals surface area contributed by atoms with Crippen LogP contribution in [0.25, 0.3) is 0 Å². The Morgan fingerprint density at radius 3 is 2.33 bits per heavy atom. The number of rotatable bonds is 7. The first-order valence-electron chi connectivity index (χ1n) is 7.36. The van der Waals surface area contributed by atoms with Crippen LogP contribution in [0, 0.1) is 5.41 Å². The number of primary amides is 1. The number of hydrogen-bond donors (Lipinski definition) is 3. The van der Waals surface area contributed by atoms with Gasteiger partial charge in [-0.2, -0.15) is 0 Å². The van der Waals surface area contributed by atoms with E-state index in [1.807, 2.05) is 0 Å². The van der Waals surface area contributed by atoms with E-state index < -0.39 is 23.3 Å². The van der Waals surface area contributed by atoms with Crippen molar-refractivity contribution in [3.05, 3.63) is 0 Å². The van der Waals surface area contributed by atoms with Crippen LogP contribution in [0.1, 0.15) is 46.0 Å². The average molecular weight is 299 g/mol. The van der Waals surface area contributed by atoms with Gasteiger partial charge >= 0.3 is 12.0 Å². The molecule has 4 N–H and O–H groups in total. The summed E-state index contributed by atoms with van der Waals surface area (Å²) in [6.45, 7) is 3.24. The molecule has 1 aliphatic rings. The summed E-state index contributed by atoms with van der Waals surface area (Å²) >= 11 is 0. The Hall–Kier alpha value is -1.79. The number of carboxylic acid groups (broad SMARTS) is 1. The van der Waals surface area contributed by atoms with Gasteiger partial charge in [-0.05, 0) is 26.2 Å². The highest BCUT2D eigenvalue weighted by Gasteiger charge is 2.33. The molecule has 0 aromatic carbocycles. The topological polar surface area (TPSA) is 113 Å². The molecule has 0 spiro atoms. The SMILES string of the molecule is CCC(C)(CNC(=O)N(CC(N)=O)C1CCCC1)C(=O)O. The van der Waals surface area contributed by atoms with E-state index in [9.17, 15) is 19.5 Å². The zero-order chi connectivity index (χ0) is 16.0. The highest BCUT2D eigenvalue weighted by atomic mass is 16.4. The Bertz CT molecular complexity index is 407. The van der Waals surface area contributed by atoms with Gasteiger partial charge in [0.1, 0.15) is 6.54 Å². The standard InChI is InChI=1S/C14H25N3O4/c1-3-14(2,12(19)20)9-16-13(21)17(8-11(15)18)10-6-4-5-7-10/h10H,3-9H2,1-2H3,(H2,15,18)(H,16,21)(H,19,20). The molecule has 1 unspecified atom stereocenters. The molecule has 0 aromatic rings. The van der Waals surface area contributed by atoms with Gasteiger partial charge in [0.15, 0.2) is 0 Å². The molecule has 0 aliphatic heterocycles. The zero-order valence-corrected chi connectivity index (χ0v) is 12.7. The van der Waals surface area contributed by atoms with Gasteiger partial charge in [-0.3, -0.25) is 9.59 Å². The third-order valence-corrected chi connectivity index (χ3v) is 4.28. The fourth-order valence-corrected chi connectivity index (χ4v) is 2.47. The molecule has 0 heterocycles. The van der Waals surface area contributed by atoms with E-state index in [0.717, 1.165) is 25.7 Å². The second-order valence-electron chi connectivity index (χ2n) is 5.91. The summed E-state index contributed by atoms with van der Waals surface area (Å²) in [7, 11) is 0. The molecule has 0 aromatic heterocycles. The van der Waals surface area contributed by atoms with Gasteiger partial charge in [-0.15, -0.1) is 0 Å². The number of carbonyl (C=O) groups excluding carboxylic acids is 2. The minimum atomic E-state index is -1.01. The molecule has 1 saturated carbocycles. The van der Waals surface area contributed by atoms with Gasteiger partial charge in [0.25, 0.3) is 0 Å². The molecule has 1 rings (SSSR count). The monoisotopic (exact) mass is 299 g/mol. The van der Waals surface area contributed by atoms with E-state index in [-0.39, 0.29) is 19.1 Å². The fourth-order valence-electron chi connectivity index (χ4n) is 2.47. The van der Waals surface area contributed by atoms with Crippen LogP contribution in [0.2, 0.25) is 0 Å². The summed E-state index contributed by atoms with van der Waals surface area (Å²) in [6.07, 6.45) is 4.15. The molecule has 1 aliphatic carbocycles. The Labute approximate surface area is 124 Å². The quantitative estimate of drug-likeness (QED) is 0.649. The Morgan fingerprint density at radius 1 is 1.33 bits per heavy atom. The summed E-state index contributed by atoms with van der Waals surface area (Å²) in [4.78, 5) is 36.1. The van der Waals surface area contributed by atoms with E-state index >= 15 is 0 Å². The highest BCUT2D eigenvalue weighted by molar-refractivity contribution is 5.83. The number of nitrogens with one attached hydrogen (secondary N) is 1. The predicted molar refractivity (Wildman–Crippen MR) is 77.6 cm³/mol. The van der Waals surface area contributed by atoms with Gasteiger partial charge in [-0.25, -0.2) is 4.79 Å². The van der Waals surface area contributed by atoms with Crippen molar-refractivity contribution in [1.82, 2.24) is 10.2 Å². The van der Waals surface area contributed by atoms with Crippen molar-refractivity contribution in [3.63, 3.8) is 0 Å². The molecule has 120 valence electrons. The number of urea groups is 1. The Balaban J connectivity index is 2.68. The van der Waals surface area contributed by atoms with Crippen LogP contribution < -0.4 is 11.1 Å². The number of nitrogens with two attached hydrogens (primary N) is 1. The van der Waals surface area contributed by atoms with Crippen molar-refractivity contribution in [1.29, 1.82) is 0 Å². The van der Waals surface area contributed by atoms with E-state index in [2.05, 4.69) is 5.32 Å². The van der Waals surface area contributed by atoms with E-state index in [0.29, 0.717) is 6.42 Å². The summed E-state index contributed by atoms with van der Waals surface area (Å²) in [5.74, 6) is -1.51. The minimum Gasteiger partial charge on any atom is -0.481 e. The Kier molecular flexibility index (Phi) is 5.99. The minimum absolute atomic E-state index is 0.00945. The highest BCUT2D eigenvalue weighted by Crippen LogP contribution is 2.24. The smallest absolute Gasteiger partial charge is 0.318 e. The number of carboxylic acids is 1. The van der Waals surface area contributed by atoms with Crippen LogP contribution in [0.5, 0.6) is 0 Å². The van der Waals surface area contributed by atoms with Crippen molar-refractivity contribution in [3.8, 4) is 0 Å². The van der Waals surface area contributed by atoms with Crippen molar-refractivity contribution in [2.45, 2.75) is 52.0 Å². The van der Waals surface area contributed by atoms with Crippen LogP contribution in [0.4, 0.5) is 4.79 Å². The molecule has 3 amide bonds. The first-order chi connectivity index (χ1) is 9.80. The second-order valence-corrected chi connectivity index (χ2v) is 5.91. The summed E-state index contributed by atoms with van der Waals surface area (Å²) in [5.41, 5.74) is 4.19. The van der Waals surface area contributed by atoms with Gasteiger partial charge in [0.05, 0.1) is 5.41 Å². The van der Waals surface area contributed by atoms with Crippen LogP contribution in [0.3, 0.4) is 0 Å². The average Bonchev–Trinajstić information content (AvgIpc) is 2.95. The lowest BCUT2D eigenvalue weighted by molar-refractivity contribution is -0.147. The van der Waals surface area contributed by atoms with Crippen molar-refractivity contribution >= 4 is 17.9 Å². The maximum atomic E-state index is 12.3. The predicted octanol–water partition coefficient (Wildman–Crippen LogP) is 0.927. The lowest BCUT2D eigenvalue weighted by Crippen LogP contribution is -2.51. The molecular formula is C14H25N3O4. The third-order valence-electron chi connectivity index (χ3n) is 4.28. The lowest BCUT2D eigenvalue weighted by atomic mass is 9.88. The molecule has 21 heavy (non-hydrogen) atoms. The molecule has 1 atom stereocenters. The van der Waals surface area contributed by atoms with Crippen LogP contribution in [-0.2, 0) is 9.59 Å². The van der Waals surface area contributed by atoms with Crippen LogP contribution in [0.15, 0.2) is 0 Å². The number of amides is 3. The number of hydrogen-bond acceptors (Lipinski definition) is 3. The maximum absolute atomic E-state index is 12.3. The number of nitrogens with zero attached hydrogens (tertiary/aromatic N) is 1. The summed E-state index contributed by atoms with van der Waals surface area (Å²) in [5, 5.41) is 11.8. The fraction of sp³-hybridized carbons (Fsp3) is 0.786. The summed E-state index contributed by atoms with van der Waals surface area (Å²) < 4.78 is 0. The van der Waals surface area contributed by atoms with Crippen molar-refractivity contribution in [2.24, 2.45) is 11.1 Å². The first-order valence-corrected chi connectivity index (χ1v) is 7.36.